The number of rotatable bonds is 6. The molecule has 0 radical (unpaired) electrons. The van der Waals surface area contributed by atoms with Crippen molar-refractivity contribution in [2.24, 2.45) is 0 Å². The standard InChI is InChI=1S/C19H17N5O3/c1-12(25)22-15-6-3-7-16(9-15)24-18-10-17(20-11-21-18)23-14-5-2-4-13(8-14)19(26)27/h2-11H,1H3,(H,22,25)(H,26,27)(H2,20,21,23,24). The van der Waals surface area contributed by atoms with Crippen LogP contribution in [0.1, 0.15) is 17.3 Å². The van der Waals surface area contributed by atoms with Crippen LogP contribution in [-0.4, -0.2) is 27.0 Å². The predicted molar refractivity (Wildman–Crippen MR) is 103 cm³/mol. The lowest BCUT2D eigenvalue weighted by atomic mass is 10.2. The number of benzene rings is 2. The third kappa shape index (κ3) is 5.02. The average molecular weight is 363 g/mol. The monoisotopic (exact) mass is 363 g/mol. The van der Waals surface area contributed by atoms with Crippen LogP contribution < -0.4 is 16.0 Å². The molecule has 0 atom stereocenters. The number of nitrogens with one attached hydrogen (secondary N) is 3. The number of carboxylic acids is 1. The van der Waals surface area contributed by atoms with Gasteiger partial charge in [-0.05, 0) is 36.4 Å². The first-order chi connectivity index (χ1) is 13.0. The van der Waals surface area contributed by atoms with E-state index >= 15 is 0 Å². The number of carbonyl (C=O) groups is 2. The Kier molecular flexibility index (Phi) is 5.27. The maximum Gasteiger partial charge on any atom is 0.335 e. The van der Waals surface area contributed by atoms with E-state index in [0.717, 1.165) is 5.69 Å². The van der Waals surface area contributed by atoms with Crippen molar-refractivity contribution in [2.45, 2.75) is 6.92 Å². The lowest BCUT2D eigenvalue weighted by molar-refractivity contribution is -0.114. The number of amides is 1. The molecule has 0 bridgehead atoms. The smallest absolute Gasteiger partial charge is 0.335 e. The summed E-state index contributed by atoms with van der Waals surface area (Å²) < 4.78 is 0. The van der Waals surface area contributed by atoms with Gasteiger partial charge in [0.25, 0.3) is 0 Å². The minimum atomic E-state index is -0.997. The molecule has 0 saturated carbocycles. The number of hydrogen-bond donors (Lipinski definition) is 4. The molecule has 1 amide bonds. The average Bonchev–Trinajstić information content (AvgIpc) is 2.62. The zero-order chi connectivity index (χ0) is 19.2. The molecule has 136 valence electrons. The van der Waals surface area contributed by atoms with E-state index in [1.54, 1.807) is 30.3 Å². The third-order valence-corrected chi connectivity index (χ3v) is 3.50. The van der Waals surface area contributed by atoms with Gasteiger partial charge in [0.1, 0.15) is 18.0 Å². The van der Waals surface area contributed by atoms with Crippen molar-refractivity contribution in [1.29, 1.82) is 0 Å². The predicted octanol–water partition coefficient (Wildman–Crippen LogP) is 3.62. The van der Waals surface area contributed by atoms with Crippen molar-refractivity contribution in [3.8, 4) is 0 Å². The SMILES string of the molecule is CC(=O)Nc1cccc(Nc2cc(Nc3cccc(C(=O)O)c3)ncn2)c1. The van der Waals surface area contributed by atoms with E-state index < -0.39 is 5.97 Å². The molecule has 0 saturated heterocycles. The fourth-order valence-corrected chi connectivity index (χ4v) is 2.40. The first kappa shape index (κ1) is 17.9. The van der Waals surface area contributed by atoms with E-state index in [1.807, 2.05) is 12.1 Å². The third-order valence-electron chi connectivity index (χ3n) is 3.50. The van der Waals surface area contributed by atoms with Crippen LogP contribution in [0.5, 0.6) is 0 Å². The molecule has 1 aromatic heterocycles. The number of carbonyl (C=O) groups excluding carboxylic acids is 1. The molecular weight excluding hydrogens is 346 g/mol. The molecule has 3 aromatic rings. The Labute approximate surface area is 155 Å². The number of carboxylic acid groups (broad SMARTS) is 1. The van der Waals surface area contributed by atoms with Gasteiger partial charge in [0, 0.05) is 30.1 Å². The van der Waals surface area contributed by atoms with Crippen molar-refractivity contribution in [3.63, 3.8) is 0 Å². The molecule has 0 unspecified atom stereocenters. The Morgan fingerprint density at radius 1 is 0.852 bits per heavy atom. The van der Waals surface area contributed by atoms with Gasteiger partial charge in [-0.2, -0.15) is 0 Å². The van der Waals surface area contributed by atoms with Gasteiger partial charge >= 0.3 is 5.97 Å². The van der Waals surface area contributed by atoms with Crippen LogP contribution in [0.4, 0.5) is 28.7 Å². The molecule has 0 aliphatic carbocycles. The Morgan fingerprint density at radius 2 is 1.44 bits per heavy atom. The normalized spacial score (nSPS) is 10.1. The number of nitrogens with zero attached hydrogens (tertiary/aromatic N) is 2. The number of anilines is 5. The maximum atomic E-state index is 11.2. The van der Waals surface area contributed by atoms with Gasteiger partial charge in [-0.3, -0.25) is 4.79 Å². The Bertz CT molecular complexity index is 990. The number of aromatic carboxylic acids is 1. The highest BCUT2D eigenvalue weighted by atomic mass is 16.4. The van der Waals surface area contributed by atoms with Crippen LogP contribution in [0.25, 0.3) is 0 Å². The zero-order valence-electron chi connectivity index (χ0n) is 14.4. The Morgan fingerprint density at radius 3 is 2.07 bits per heavy atom. The van der Waals surface area contributed by atoms with E-state index in [-0.39, 0.29) is 11.5 Å². The van der Waals surface area contributed by atoms with Crippen LogP contribution in [0, 0.1) is 0 Å². The van der Waals surface area contributed by atoms with E-state index in [2.05, 4.69) is 25.9 Å². The second-order valence-electron chi connectivity index (χ2n) is 5.69. The van der Waals surface area contributed by atoms with Gasteiger partial charge in [-0.15, -0.1) is 0 Å². The van der Waals surface area contributed by atoms with Gasteiger partial charge < -0.3 is 21.1 Å². The first-order valence-corrected chi connectivity index (χ1v) is 8.07. The molecule has 8 nitrogen and oxygen atoms in total. The second-order valence-corrected chi connectivity index (χ2v) is 5.69. The summed E-state index contributed by atoms with van der Waals surface area (Å²) >= 11 is 0. The summed E-state index contributed by atoms with van der Waals surface area (Å²) in [6.07, 6.45) is 1.39. The first-order valence-electron chi connectivity index (χ1n) is 8.07. The van der Waals surface area contributed by atoms with Crippen molar-refractivity contribution >= 4 is 40.6 Å². The summed E-state index contributed by atoms with van der Waals surface area (Å²) in [4.78, 5) is 30.5. The molecule has 0 spiro atoms. The van der Waals surface area contributed by atoms with Crippen LogP contribution >= 0.6 is 0 Å². The van der Waals surface area contributed by atoms with E-state index in [9.17, 15) is 9.59 Å². The van der Waals surface area contributed by atoms with Crippen LogP contribution in [0.15, 0.2) is 60.9 Å². The van der Waals surface area contributed by atoms with Gasteiger partial charge in [-0.1, -0.05) is 12.1 Å². The molecule has 0 aliphatic rings. The zero-order valence-corrected chi connectivity index (χ0v) is 14.4. The molecular formula is C19H17N5O3. The molecule has 0 aliphatic heterocycles. The van der Waals surface area contributed by atoms with Crippen molar-refractivity contribution in [3.05, 3.63) is 66.5 Å². The molecule has 4 N–H and O–H groups in total. The highest BCUT2D eigenvalue weighted by Gasteiger charge is 2.05. The summed E-state index contributed by atoms with van der Waals surface area (Å²) in [5.74, 6) is -0.0954. The lowest BCUT2D eigenvalue weighted by Gasteiger charge is -2.10. The van der Waals surface area contributed by atoms with Crippen LogP contribution in [0.3, 0.4) is 0 Å². The summed E-state index contributed by atoms with van der Waals surface area (Å²) in [6.45, 7) is 1.45. The van der Waals surface area contributed by atoms with E-state index in [0.29, 0.717) is 23.0 Å². The molecule has 27 heavy (non-hydrogen) atoms. The molecule has 1 heterocycles. The molecule has 2 aromatic carbocycles. The minimum absolute atomic E-state index is 0.149. The van der Waals surface area contributed by atoms with Crippen molar-refractivity contribution < 1.29 is 14.7 Å². The molecule has 0 fully saturated rings. The summed E-state index contributed by atoms with van der Waals surface area (Å²) in [5, 5.41) is 18.0. The highest BCUT2D eigenvalue weighted by Crippen LogP contribution is 2.22. The van der Waals surface area contributed by atoms with Gasteiger partial charge in [-0.25, -0.2) is 14.8 Å². The number of aromatic nitrogens is 2. The van der Waals surface area contributed by atoms with Crippen molar-refractivity contribution in [2.75, 3.05) is 16.0 Å². The second kappa shape index (κ2) is 7.96. The van der Waals surface area contributed by atoms with Crippen molar-refractivity contribution in [1.82, 2.24) is 9.97 Å². The maximum absolute atomic E-state index is 11.2. The fraction of sp³-hybridized carbons (Fsp3) is 0.0526. The Balaban J connectivity index is 1.75. The summed E-state index contributed by atoms with van der Waals surface area (Å²) in [6, 6.07) is 15.4. The molecule has 8 heteroatoms. The largest absolute Gasteiger partial charge is 0.478 e. The summed E-state index contributed by atoms with van der Waals surface area (Å²) in [7, 11) is 0. The topological polar surface area (TPSA) is 116 Å². The number of hydrogen-bond acceptors (Lipinski definition) is 6. The van der Waals surface area contributed by atoms with Crippen LogP contribution in [-0.2, 0) is 4.79 Å². The van der Waals surface area contributed by atoms with E-state index in [4.69, 9.17) is 5.11 Å². The minimum Gasteiger partial charge on any atom is -0.478 e. The van der Waals surface area contributed by atoms with Gasteiger partial charge in [0.2, 0.25) is 5.91 Å². The highest BCUT2D eigenvalue weighted by molar-refractivity contribution is 5.89. The van der Waals surface area contributed by atoms with E-state index in [1.165, 1.54) is 25.4 Å². The van der Waals surface area contributed by atoms with Gasteiger partial charge in [0.15, 0.2) is 0 Å². The summed E-state index contributed by atoms with van der Waals surface area (Å²) in [5.41, 5.74) is 2.21. The lowest BCUT2D eigenvalue weighted by Crippen LogP contribution is -2.06. The van der Waals surface area contributed by atoms with Gasteiger partial charge in [0.05, 0.1) is 5.56 Å². The quantitative estimate of drug-likeness (QED) is 0.528. The van der Waals surface area contributed by atoms with Crippen LogP contribution in [0.2, 0.25) is 0 Å². The fourth-order valence-electron chi connectivity index (χ4n) is 2.40. The Hall–Kier alpha value is -3.94. The molecule has 3 rings (SSSR count).